The fraction of sp³-hybridized carbons (Fsp3) is 0.500. The Morgan fingerprint density at radius 2 is 2.00 bits per heavy atom. The van der Waals surface area contributed by atoms with Gasteiger partial charge in [0.25, 0.3) is 0 Å². The summed E-state index contributed by atoms with van der Waals surface area (Å²) in [4.78, 5) is 36.5. The van der Waals surface area contributed by atoms with Crippen LogP contribution < -0.4 is 0 Å². The van der Waals surface area contributed by atoms with Crippen molar-refractivity contribution in [2.24, 2.45) is 17.3 Å². The van der Waals surface area contributed by atoms with E-state index in [-0.39, 0.29) is 35.4 Å². The molecule has 0 aromatic carbocycles. The topological polar surface area (TPSA) is 69.7 Å². The van der Waals surface area contributed by atoms with Gasteiger partial charge in [-0.3, -0.25) is 9.59 Å². The molecule has 3 atom stereocenters. The lowest BCUT2D eigenvalue weighted by Gasteiger charge is -2.13. The van der Waals surface area contributed by atoms with Crippen molar-refractivity contribution in [3.63, 3.8) is 0 Å². The summed E-state index contributed by atoms with van der Waals surface area (Å²) in [6.45, 7) is 11.1. The van der Waals surface area contributed by atoms with E-state index < -0.39 is 12.1 Å². The lowest BCUT2D eigenvalue weighted by Crippen LogP contribution is -2.20. The van der Waals surface area contributed by atoms with Crippen LogP contribution in [0.4, 0.5) is 0 Å². The van der Waals surface area contributed by atoms with Gasteiger partial charge in [-0.15, -0.1) is 0 Å². The molecule has 0 spiro atoms. The van der Waals surface area contributed by atoms with Crippen molar-refractivity contribution in [1.82, 2.24) is 0 Å². The lowest BCUT2D eigenvalue weighted by atomic mass is 10.1. The average Bonchev–Trinajstić information content (AvgIpc) is 3.05. The molecule has 0 radical (unpaired) electrons. The third-order valence-corrected chi connectivity index (χ3v) is 5.62. The maximum atomic E-state index is 12.7. The molecule has 0 bridgehead atoms. The molecule has 146 valence electrons. The fourth-order valence-electron chi connectivity index (χ4n) is 3.70. The number of Topliss-reactive ketones (excluding diaryl/α,β-unsaturated/α-hetero) is 1. The molecule has 0 heterocycles. The third-order valence-electron chi connectivity index (χ3n) is 5.62. The van der Waals surface area contributed by atoms with Crippen LogP contribution in [-0.2, 0) is 23.9 Å². The van der Waals surface area contributed by atoms with Gasteiger partial charge in [0, 0.05) is 11.1 Å². The number of esters is 2. The number of rotatable bonds is 7. The molecular formula is C22H28O5. The van der Waals surface area contributed by atoms with Gasteiger partial charge in [0.15, 0.2) is 5.78 Å². The van der Waals surface area contributed by atoms with Gasteiger partial charge in [-0.25, -0.2) is 4.79 Å². The molecule has 0 aromatic heterocycles. The minimum atomic E-state index is -0.500. The number of allylic oxidation sites excluding steroid dienone is 5. The second-order valence-electron chi connectivity index (χ2n) is 7.75. The van der Waals surface area contributed by atoms with Crippen molar-refractivity contribution in [1.29, 1.82) is 0 Å². The van der Waals surface area contributed by atoms with Crippen molar-refractivity contribution in [2.45, 2.75) is 46.6 Å². The van der Waals surface area contributed by atoms with Crippen LogP contribution in [0.3, 0.4) is 0 Å². The zero-order chi connectivity index (χ0) is 20.4. The molecular weight excluding hydrogens is 344 g/mol. The normalized spacial score (nSPS) is 27.1. The Morgan fingerprint density at radius 1 is 1.33 bits per heavy atom. The van der Waals surface area contributed by atoms with Crippen LogP contribution in [0.2, 0.25) is 0 Å². The number of hydrogen-bond acceptors (Lipinski definition) is 5. The Bertz CT molecular complexity index is 751. The Kier molecular flexibility index (Phi) is 6.24. The average molecular weight is 372 g/mol. The molecule has 1 fully saturated rings. The molecule has 1 saturated carbocycles. The number of carbonyl (C=O) groups excluding carboxylic acids is 3. The minimum Gasteiger partial charge on any atom is -0.466 e. The van der Waals surface area contributed by atoms with E-state index in [1.54, 1.807) is 25.2 Å². The first-order chi connectivity index (χ1) is 12.6. The second kappa shape index (κ2) is 8.07. The molecule has 5 nitrogen and oxygen atoms in total. The smallest absolute Gasteiger partial charge is 0.333 e. The summed E-state index contributed by atoms with van der Waals surface area (Å²) in [5.41, 5.74) is 1.72. The molecule has 2 aliphatic carbocycles. The van der Waals surface area contributed by atoms with Gasteiger partial charge < -0.3 is 9.47 Å². The van der Waals surface area contributed by atoms with Crippen LogP contribution in [0.15, 0.2) is 47.6 Å². The highest BCUT2D eigenvalue weighted by molar-refractivity contribution is 6.00. The summed E-state index contributed by atoms with van der Waals surface area (Å²) < 4.78 is 10.4. The maximum Gasteiger partial charge on any atom is 0.333 e. The van der Waals surface area contributed by atoms with Crippen molar-refractivity contribution >= 4 is 17.7 Å². The summed E-state index contributed by atoms with van der Waals surface area (Å²) in [6, 6.07) is 0. The molecule has 27 heavy (non-hydrogen) atoms. The molecule has 0 aliphatic heterocycles. The Morgan fingerprint density at radius 3 is 2.59 bits per heavy atom. The van der Waals surface area contributed by atoms with Crippen LogP contribution in [0.1, 0.15) is 40.5 Å². The highest BCUT2D eigenvalue weighted by atomic mass is 16.5. The van der Waals surface area contributed by atoms with E-state index in [2.05, 4.69) is 6.58 Å². The Hall–Kier alpha value is -2.43. The monoisotopic (exact) mass is 372 g/mol. The molecule has 2 rings (SSSR count). The SMILES string of the molecule is C=C/C=C/CC1=C(C)[C@H](OC(=O)[C@H]2[C@H](/C=C(/C)C(=O)OC)C2(C)C)CC1=O. The van der Waals surface area contributed by atoms with Crippen LogP contribution in [0, 0.1) is 17.3 Å². The summed E-state index contributed by atoms with van der Waals surface area (Å²) in [5.74, 6) is -1.11. The highest BCUT2D eigenvalue weighted by Crippen LogP contribution is 2.60. The van der Waals surface area contributed by atoms with E-state index in [9.17, 15) is 14.4 Å². The predicted molar refractivity (Wildman–Crippen MR) is 103 cm³/mol. The molecule has 0 unspecified atom stereocenters. The second-order valence-corrected chi connectivity index (χ2v) is 7.75. The molecule has 5 heteroatoms. The summed E-state index contributed by atoms with van der Waals surface area (Å²) in [7, 11) is 1.33. The summed E-state index contributed by atoms with van der Waals surface area (Å²) in [6.07, 6.45) is 7.32. The first-order valence-electron chi connectivity index (χ1n) is 9.12. The van der Waals surface area contributed by atoms with E-state index >= 15 is 0 Å². The van der Waals surface area contributed by atoms with Gasteiger partial charge >= 0.3 is 11.9 Å². The van der Waals surface area contributed by atoms with Gasteiger partial charge in [-0.05, 0) is 37.2 Å². The van der Waals surface area contributed by atoms with Crippen molar-refractivity contribution < 1.29 is 23.9 Å². The predicted octanol–water partition coefficient (Wildman–Crippen LogP) is 3.71. The van der Waals surface area contributed by atoms with E-state index in [1.165, 1.54) is 7.11 Å². The lowest BCUT2D eigenvalue weighted by molar-refractivity contribution is -0.150. The number of methoxy groups -OCH3 is 1. The van der Waals surface area contributed by atoms with E-state index in [1.807, 2.05) is 26.8 Å². The van der Waals surface area contributed by atoms with E-state index in [4.69, 9.17) is 9.47 Å². The highest BCUT2D eigenvalue weighted by Gasteiger charge is 2.62. The summed E-state index contributed by atoms with van der Waals surface area (Å²) >= 11 is 0. The number of carbonyl (C=O) groups is 3. The number of ether oxygens (including phenoxy) is 2. The van der Waals surface area contributed by atoms with Crippen LogP contribution in [0.5, 0.6) is 0 Å². The number of hydrogen-bond donors (Lipinski definition) is 0. The van der Waals surface area contributed by atoms with Gasteiger partial charge in [-0.1, -0.05) is 44.7 Å². The van der Waals surface area contributed by atoms with Crippen molar-refractivity contribution in [3.05, 3.63) is 47.6 Å². The molecule has 2 aliphatic rings. The van der Waals surface area contributed by atoms with Crippen LogP contribution in [0.25, 0.3) is 0 Å². The molecule has 0 amide bonds. The standard InChI is InChI=1S/C22H28O5/c1-7-8-9-10-15-14(3)18(12-17(15)23)27-21(25)19-16(22(19,4)5)11-13(2)20(24)26-6/h7-9,11,16,18-19H,1,10,12H2,2-6H3/b9-8+,13-11-/t16-,18+,19+/m0/s1. The van der Waals surface area contributed by atoms with Crippen molar-refractivity contribution in [3.8, 4) is 0 Å². The quantitative estimate of drug-likeness (QED) is 0.387. The largest absolute Gasteiger partial charge is 0.466 e. The fourth-order valence-corrected chi connectivity index (χ4v) is 3.70. The van der Waals surface area contributed by atoms with E-state index in [0.717, 1.165) is 5.57 Å². The molecule has 0 N–H and O–H groups in total. The van der Waals surface area contributed by atoms with Gasteiger partial charge in [0.2, 0.25) is 0 Å². The number of ketones is 1. The zero-order valence-electron chi connectivity index (χ0n) is 16.7. The van der Waals surface area contributed by atoms with Crippen LogP contribution in [-0.4, -0.2) is 30.9 Å². The van der Waals surface area contributed by atoms with Gasteiger partial charge in [-0.2, -0.15) is 0 Å². The van der Waals surface area contributed by atoms with Gasteiger partial charge in [0.05, 0.1) is 19.4 Å². The first-order valence-corrected chi connectivity index (χ1v) is 9.12. The molecule has 0 aromatic rings. The Balaban J connectivity index is 2.07. The van der Waals surface area contributed by atoms with E-state index in [0.29, 0.717) is 17.6 Å². The zero-order valence-corrected chi connectivity index (χ0v) is 16.7. The van der Waals surface area contributed by atoms with Crippen LogP contribution >= 0.6 is 0 Å². The maximum absolute atomic E-state index is 12.7. The van der Waals surface area contributed by atoms with Gasteiger partial charge in [0.1, 0.15) is 6.10 Å². The third kappa shape index (κ3) is 4.29. The molecule has 0 saturated heterocycles. The van der Waals surface area contributed by atoms with Crippen molar-refractivity contribution in [2.75, 3.05) is 7.11 Å². The summed E-state index contributed by atoms with van der Waals surface area (Å²) in [5, 5.41) is 0. The first kappa shape index (κ1) is 20.9. The minimum absolute atomic E-state index is 0.0204. The Labute approximate surface area is 160 Å².